The molecule has 0 amide bonds. The van der Waals surface area contributed by atoms with Crippen molar-refractivity contribution in [2.45, 2.75) is 31.1 Å². The van der Waals surface area contributed by atoms with Gasteiger partial charge in [-0.2, -0.15) is 0 Å². The lowest BCUT2D eigenvalue weighted by Crippen LogP contribution is -2.13. The fourth-order valence-corrected chi connectivity index (χ4v) is 5.94. The molecular weight excluding hydrogens is 400 g/mol. The molecule has 0 atom stereocenters. The van der Waals surface area contributed by atoms with Crippen molar-refractivity contribution < 1.29 is 8.42 Å². The third kappa shape index (κ3) is 3.54. The molecule has 0 saturated heterocycles. The molecule has 3 aromatic carbocycles. The Bertz CT molecular complexity index is 1320. The highest BCUT2D eigenvalue weighted by Crippen LogP contribution is 2.32. The molecule has 0 aliphatic heterocycles. The first-order valence-electron chi connectivity index (χ1n) is 9.60. The molecule has 29 heavy (non-hydrogen) atoms. The van der Waals surface area contributed by atoms with Gasteiger partial charge in [0.25, 0.3) is 10.0 Å². The molecule has 4 aromatic rings. The fraction of sp³-hybridized carbons (Fsp3) is 0.174. The van der Waals surface area contributed by atoms with Crippen LogP contribution in [0.2, 0.25) is 0 Å². The van der Waals surface area contributed by atoms with Gasteiger partial charge in [-0.05, 0) is 91.4 Å². The minimum atomic E-state index is -3.60. The first kappa shape index (κ1) is 18.3. The summed E-state index contributed by atoms with van der Waals surface area (Å²) in [7, 11) is -3.60. The predicted molar refractivity (Wildman–Crippen MR) is 119 cm³/mol. The zero-order valence-corrected chi connectivity index (χ0v) is 17.6. The second kappa shape index (κ2) is 6.97. The third-order valence-corrected chi connectivity index (χ3v) is 7.75. The summed E-state index contributed by atoms with van der Waals surface area (Å²) in [6.45, 7) is 2.07. The van der Waals surface area contributed by atoms with Crippen molar-refractivity contribution in [3.8, 4) is 10.6 Å². The van der Waals surface area contributed by atoms with Crippen molar-refractivity contribution in [1.29, 1.82) is 0 Å². The monoisotopic (exact) mass is 420 g/mol. The molecule has 1 N–H and O–H groups in total. The van der Waals surface area contributed by atoms with Gasteiger partial charge in [0.15, 0.2) is 0 Å². The zero-order valence-electron chi connectivity index (χ0n) is 16.0. The minimum Gasteiger partial charge on any atom is -0.280 e. The summed E-state index contributed by atoms with van der Waals surface area (Å²) in [4.78, 5) is 5.01. The molecular formula is C23H20N2O2S2. The van der Waals surface area contributed by atoms with E-state index in [1.165, 1.54) is 11.1 Å². The summed E-state index contributed by atoms with van der Waals surface area (Å²) in [6.07, 6.45) is 3.09. The lowest BCUT2D eigenvalue weighted by molar-refractivity contribution is 0.601. The largest absolute Gasteiger partial charge is 0.280 e. The molecule has 4 nitrogen and oxygen atoms in total. The molecule has 146 valence electrons. The number of fused-ring (bicyclic) bond motifs is 2. The average Bonchev–Trinajstić information content (AvgIpc) is 3.34. The first-order valence-corrected chi connectivity index (χ1v) is 11.9. The van der Waals surface area contributed by atoms with Crippen molar-refractivity contribution in [2.75, 3.05) is 4.72 Å². The van der Waals surface area contributed by atoms with Crippen LogP contribution < -0.4 is 4.72 Å². The molecule has 6 heteroatoms. The van der Waals surface area contributed by atoms with E-state index in [2.05, 4.69) is 28.8 Å². The molecule has 0 spiro atoms. The Morgan fingerprint density at radius 1 is 0.931 bits per heavy atom. The number of aromatic nitrogens is 1. The van der Waals surface area contributed by atoms with E-state index in [4.69, 9.17) is 0 Å². The van der Waals surface area contributed by atoms with Gasteiger partial charge in [-0.15, -0.1) is 11.3 Å². The van der Waals surface area contributed by atoms with Crippen LogP contribution in [0.3, 0.4) is 0 Å². The van der Waals surface area contributed by atoms with Crippen molar-refractivity contribution in [2.24, 2.45) is 0 Å². The average molecular weight is 421 g/mol. The number of anilines is 1. The van der Waals surface area contributed by atoms with Gasteiger partial charge in [0, 0.05) is 11.3 Å². The predicted octanol–water partition coefficient (Wildman–Crippen LogP) is 5.56. The van der Waals surface area contributed by atoms with Crippen LogP contribution in [-0.4, -0.2) is 13.4 Å². The summed E-state index contributed by atoms with van der Waals surface area (Å²) < 4.78 is 29.4. The number of nitrogens with zero attached hydrogens (tertiary/aromatic N) is 1. The molecule has 1 aliphatic carbocycles. The SMILES string of the molecule is Cc1ccc2nc(-c3ccc(NS(=O)(=O)c4ccc5c(c4)CCC5)cc3)sc2c1. The zero-order chi connectivity index (χ0) is 20.0. The van der Waals surface area contributed by atoms with Gasteiger partial charge in [-0.25, -0.2) is 13.4 Å². The maximum absolute atomic E-state index is 12.8. The van der Waals surface area contributed by atoms with Crippen molar-refractivity contribution in [3.63, 3.8) is 0 Å². The van der Waals surface area contributed by atoms with E-state index in [0.29, 0.717) is 10.6 Å². The molecule has 0 saturated carbocycles. The quantitative estimate of drug-likeness (QED) is 0.470. The topological polar surface area (TPSA) is 59.1 Å². The maximum Gasteiger partial charge on any atom is 0.261 e. The molecule has 0 bridgehead atoms. The van der Waals surface area contributed by atoms with Gasteiger partial charge in [0.2, 0.25) is 0 Å². The Labute approximate surface area is 174 Å². The highest BCUT2D eigenvalue weighted by molar-refractivity contribution is 7.92. The lowest BCUT2D eigenvalue weighted by Gasteiger charge is -2.10. The highest BCUT2D eigenvalue weighted by Gasteiger charge is 2.18. The summed E-state index contributed by atoms with van der Waals surface area (Å²) in [5, 5.41) is 0.929. The van der Waals surface area contributed by atoms with Crippen LogP contribution in [0.4, 0.5) is 5.69 Å². The Balaban J connectivity index is 1.39. The van der Waals surface area contributed by atoms with E-state index in [1.807, 2.05) is 30.3 Å². The number of sulfonamides is 1. The van der Waals surface area contributed by atoms with E-state index in [9.17, 15) is 8.42 Å². The molecule has 0 fully saturated rings. The molecule has 5 rings (SSSR count). The van der Waals surface area contributed by atoms with Gasteiger partial charge in [0.1, 0.15) is 5.01 Å². The number of thiazole rings is 1. The fourth-order valence-electron chi connectivity index (χ4n) is 3.77. The normalized spacial score (nSPS) is 13.6. The third-order valence-electron chi connectivity index (χ3n) is 5.31. The number of benzene rings is 3. The van der Waals surface area contributed by atoms with Gasteiger partial charge < -0.3 is 0 Å². The Morgan fingerprint density at radius 2 is 1.72 bits per heavy atom. The number of hydrogen-bond acceptors (Lipinski definition) is 4. The standard InChI is InChI=1S/C23H20N2O2S2/c1-15-5-12-21-22(13-15)28-23(24-21)17-6-9-19(10-7-17)25-29(26,27)20-11-8-16-3-2-4-18(16)14-20/h5-14,25H,2-4H2,1H3. The lowest BCUT2D eigenvalue weighted by atomic mass is 10.1. The number of aryl methyl sites for hydroxylation is 3. The van der Waals surface area contributed by atoms with E-state index in [0.717, 1.165) is 45.6 Å². The second-order valence-electron chi connectivity index (χ2n) is 7.46. The Morgan fingerprint density at radius 3 is 2.55 bits per heavy atom. The number of hydrogen-bond donors (Lipinski definition) is 1. The van der Waals surface area contributed by atoms with Crippen LogP contribution >= 0.6 is 11.3 Å². The molecule has 0 unspecified atom stereocenters. The smallest absolute Gasteiger partial charge is 0.261 e. The summed E-state index contributed by atoms with van der Waals surface area (Å²) in [6, 6.07) is 19.1. The summed E-state index contributed by atoms with van der Waals surface area (Å²) >= 11 is 1.64. The van der Waals surface area contributed by atoms with Crippen molar-refractivity contribution >= 4 is 37.3 Å². The van der Waals surface area contributed by atoms with Gasteiger partial charge in [0.05, 0.1) is 15.1 Å². The number of nitrogens with one attached hydrogen (secondary N) is 1. The molecule has 1 heterocycles. The van der Waals surface area contributed by atoms with E-state index in [-0.39, 0.29) is 0 Å². The summed E-state index contributed by atoms with van der Waals surface area (Å²) in [5.41, 5.74) is 6.13. The highest BCUT2D eigenvalue weighted by atomic mass is 32.2. The molecule has 0 radical (unpaired) electrons. The van der Waals surface area contributed by atoms with Crippen LogP contribution in [-0.2, 0) is 22.9 Å². The molecule has 1 aromatic heterocycles. The van der Waals surface area contributed by atoms with Gasteiger partial charge >= 0.3 is 0 Å². The van der Waals surface area contributed by atoms with Gasteiger partial charge in [-0.3, -0.25) is 4.72 Å². The first-order chi connectivity index (χ1) is 14.0. The maximum atomic E-state index is 12.8. The minimum absolute atomic E-state index is 0.323. The van der Waals surface area contributed by atoms with Crippen molar-refractivity contribution in [3.05, 3.63) is 77.4 Å². The van der Waals surface area contributed by atoms with Crippen molar-refractivity contribution in [1.82, 2.24) is 4.98 Å². The molecule has 1 aliphatic rings. The van der Waals surface area contributed by atoms with Crippen LogP contribution in [0.15, 0.2) is 65.6 Å². The van der Waals surface area contributed by atoms with E-state index < -0.39 is 10.0 Å². The Hall–Kier alpha value is -2.70. The van der Waals surface area contributed by atoms with Crippen LogP contribution in [0.25, 0.3) is 20.8 Å². The van der Waals surface area contributed by atoms with Gasteiger partial charge in [-0.1, -0.05) is 12.1 Å². The Kier molecular flexibility index (Phi) is 4.41. The van der Waals surface area contributed by atoms with E-state index in [1.54, 1.807) is 29.5 Å². The van der Waals surface area contributed by atoms with E-state index >= 15 is 0 Å². The second-order valence-corrected chi connectivity index (χ2v) is 10.2. The number of rotatable bonds is 4. The van der Waals surface area contributed by atoms with Crippen LogP contribution in [0.1, 0.15) is 23.1 Å². The van der Waals surface area contributed by atoms with Crippen LogP contribution in [0, 0.1) is 6.92 Å². The van der Waals surface area contributed by atoms with Crippen LogP contribution in [0.5, 0.6) is 0 Å². The summed E-state index contributed by atoms with van der Waals surface area (Å²) in [5.74, 6) is 0.